The molecule has 1 aromatic heterocycles. The van der Waals surface area contributed by atoms with Crippen LogP contribution in [0.3, 0.4) is 0 Å². The number of anilines is 1. The van der Waals surface area contributed by atoms with Crippen molar-refractivity contribution in [2.75, 3.05) is 31.6 Å². The maximum absolute atomic E-state index is 13.3. The van der Waals surface area contributed by atoms with Crippen LogP contribution in [0, 0.1) is 20.8 Å². The number of carboxylic acids is 1. The van der Waals surface area contributed by atoms with Crippen molar-refractivity contribution >= 4 is 33.6 Å². The molecule has 0 bridgehead atoms. The van der Waals surface area contributed by atoms with E-state index >= 15 is 0 Å². The molecule has 1 aliphatic heterocycles. The summed E-state index contributed by atoms with van der Waals surface area (Å²) in [5.41, 5.74) is 2.75. The molecule has 0 radical (unpaired) electrons. The van der Waals surface area contributed by atoms with Crippen LogP contribution >= 0.6 is 0 Å². The molecule has 45 heavy (non-hydrogen) atoms. The van der Waals surface area contributed by atoms with Gasteiger partial charge in [-0.15, -0.1) is 0 Å². The van der Waals surface area contributed by atoms with Crippen molar-refractivity contribution in [1.29, 1.82) is 0 Å². The number of aliphatic carboxylic acids is 1. The first kappa shape index (κ1) is 33.6. The molecule has 13 heteroatoms. The van der Waals surface area contributed by atoms with Gasteiger partial charge in [0.05, 0.1) is 23.5 Å². The van der Waals surface area contributed by atoms with Crippen LogP contribution in [0.1, 0.15) is 28.7 Å². The number of pyridine rings is 1. The van der Waals surface area contributed by atoms with Gasteiger partial charge in [0.15, 0.2) is 0 Å². The number of carboxylic acid groups (broad SMARTS) is 1. The second kappa shape index (κ2) is 15.1. The molecule has 1 aliphatic rings. The molecule has 2 heterocycles. The van der Waals surface area contributed by atoms with Crippen LogP contribution in [0.2, 0.25) is 0 Å². The van der Waals surface area contributed by atoms with Crippen LogP contribution < -0.4 is 15.4 Å². The van der Waals surface area contributed by atoms with E-state index in [4.69, 9.17) is 4.74 Å². The fraction of sp³-hybridized carbons (Fsp3) is 0.375. The maximum atomic E-state index is 13.3. The molecule has 1 saturated heterocycles. The molecule has 240 valence electrons. The molecule has 0 spiro atoms. The highest BCUT2D eigenvalue weighted by molar-refractivity contribution is 7.89. The Hall–Kier alpha value is -4.33. The smallest absolute Gasteiger partial charge is 0.323 e. The second-order valence-corrected chi connectivity index (χ2v) is 12.8. The molecule has 3 aromatic rings. The van der Waals surface area contributed by atoms with Crippen LogP contribution in [0.4, 0.5) is 5.82 Å². The SMILES string of the molecule is Cc1cc(C)c(S(=O)(=O)NC(CNC(=O)COC2CC(CNc3ccccn3)N(C(=O)Cc3ccccc3)C2)C(=O)O)c(C)c1. The van der Waals surface area contributed by atoms with Crippen molar-refractivity contribution in [2.45, 2.75) is 56.7 Å². The first-order valence-electron chi connectivity index (χ1n) is 14.6. The normalized spacial score (nSPS) is 17.1. The molecule has 1 fully saturated rings. The van der Waals surface area contributed by atoms with Crippen LogP contribution in [0.25, 0.3) is 0 Å². The highest BCUT2D eigenvalue weighted by atomic mass is 32.2. The first-order valence-corrected chi connectivity index (χ1v) is 16.1. The molecular formula is C32H39N5O7S. The summed E-state index contributed by atoms with van der Waals surface area (Å²) in [7, 11) is -4.19. The van der Waals surface area contributed by atoms with E-state index in [2.05, 4.69) is 20.3 Å². The molecule has 3 atom stereocenters. The summed E-state index contributed by atoms with van der Waals surface area (Å²) in [6.45, 7) is 4.96. The van der Waals surface area contributed by atoms with E-state index in [-0.39, 0.29) is 36.4 Å². The van der Waals surface area contributed by atoms with E-state index < -0.39 is 40.6 Å². The Kier molecular flexibility index (Phi) is 11.3. The van der Waals surface area contributed by atoms with Gasteiger partial charge < -0.3 is 25.4 Å². The fourth-order valence-corrected chi connectivity index (χ4v) is 7.17. The average molecular weight is 638 g/mol. The molecule has 12 nitrogen and oxygen atoms in total. The van der Waals surface area contributed by atoms with Crippen molar-refractivity contribution in [3.8, 4) is 0 Å². The Morgan fingerprint density at radius 1 is 1.04 bits per heavy atom. The summed E-state index contributed by atoms with van der Waals surface area (Å²) in [4.78, 5) is 43.8. The third kappa shape index (κ3) is 9.33. The third-order valence-electron chi connectivity index (χ3n) is 7.50. The maximum Gasteiger partial charge on any atom is 0.323 e. The summed E-state index contributed by atoms with van der Waals surface area (Å²) in [5.74, 6) is -1.44. The number of hydrogen-bond donors (Lipinski definition) is 4. The number of amides is 2. The largest absolute Gasteiger partial charge is 0.480 e. The lowest BCUT2D eigenvalue weighted by Gasteiger charge is -2.25. The fourth-order valence-electron chi connectivity index (χ4n) is 5.53. The summed E-state index contributed by atoms with van der Waals surface area (Å²) in [6, 6.07) is 16.5. The molecule has 2 aromatic carbocycles. The predicted molar refractivity (Wildman–Crippen MR) is 168 cm³/mol. The number of rotatable bonds is 14. The summed E-state index contributed by atoms with van der Waals surface area (Å²) < 4.78 is 34.2. The zero-order valence-electron chi connectivity index (χ0n) is 25.5. The number of likely N-dealkylation sites (tertiary alicyclic amines) is 1. The number of nitrogens with zero attached hydrogens (tertiary/aromatic N) is 2. The van der Waals surface area contributed by atoms with Crippen molar-refractivity contribution in [3.63, 3.8) is 0 Å². The Bertz CT molecular complexity index is 1580. The average Bonchev–Trinajstić information content (AvgIpc) is 3.40. The standard InChI is InChI=1S/C32H39N5O7S/c1-21-13-22(2)31(23(3)14-21)45(42,43)36-27(32(40)41)18-35-29(38)20-44-26-16-25(17-34-28-11-7-8-12-33-28)37(19-26)30(39)15-24-9-5-4-6-10-24/h4-14,25-27,36H,15-20H2,1-3H3,(H,33,34)(H,35,38)(H,40,41). The van der Waals surface area contributed by atoms with Gasteiger partial charge in [-0.3, -0.25) is 14.4 Å². The van der Waals surface area contributed by atoms with E-state index in [1.54, 1.807) is 37.1 Å². The van der Waals surface area contributed by atoms with Crippen molar-refractivity contribution in [2.24, 2.45) is 0 Å². The minimum absolute atomic E-state index is 0.00805. The zero-order valence-corrected chi connectivity index (χ0v) is 26.3. The minimum atomic E-state index is -4.19. The lowest BCUT2D eigenvalue weighted by molar-refractivity contribution is -0.139. The highest BCUT2D eigenvalue weighted by Crippen LogP contribution is 2.23. The number of carbonyl (C=O) groups excluding carboxylic acids is 2. The summed E-state index contributed by atoms with van der Waals surface area (Å²) in [5, 5.41) is 15.4. The van der Waals surface area contributed by atoms with Gasteiger partial charge in [0.25, 0.3) is 0 Å². The lowest BCUT2D eigenvalue weighted by Crippen LogP contribution is -2.49. The Morgan fingerprint density at radius 3 is 2.38 bits per heavy atom. The van der Waals surface area contributed by atoms with Gasteiger partial charge in [-0.05, 0) is 56.0 Å². The van der Waals surface area contributed by atoms with Gasteiger partial charge in [0.1, 0.15) is 18.5 Å². The van der Waals surface area contributed by atoms with Crippen molar-refractivity contribution in [1.82, 2.24) is 19.9 Å². The second-order valence-electron chi connectivity index (χ2n) is 11.2. The third-order valence-corrected chi connectivity index (χ3v) is 9.28. The van der Waals surface area contributed by atoms with Gasteiger partial charge in [-0.2, -0.15) is 4.72 Å². The molecule has 0 saturated carbocycles. The van der Waals surface area contributed by atoms with Crippen LogP contribution in [-0.4, -0.2) is 85.6 Å². The van der Waals surface area contributed by atoms with Crippen LogP contribution in [0.5, 0.6) is 0 Å². The quantitative estimate of drug-likeness (QED) is 0.207. The Labute approximate surface area is 263 Å². The summed E-state index contributed by atoms with van der Waals surface area (Å²) >= 11 is 0. The lowest BCUT2D eigenvalue weighted by atomic mass is 10.1. The summed E-state index contributed by atoms with van der Waals surface area (Å²) in [6.07, 6.45) is 1.93. The number of hydrogen-bond acceptors (Lipinski definition) is 8. The number of nitrogens with one attached hydrogen (secondary N) is 3. The highest BCUT2D eigenvalue weighted by Gasteiger charge is 2.36. The minimum Gasteiger partial charge on any atom is -0.480 e. The molecule has 2 amide bonds. The molecular weight excluding hydrogens is 598 g/mol. The number of carbonyl (C=O) groups is 3. The molecule has 3 unspecified atom stereocenters. The zero-order chi connectivity index (χ0) is 32.6. The van der Waals surface area contributed by atoms with Gasteiger partial charge in [-0.25, -0.2) is 13.4 Å². The number of sulfonamides is 1. The van der Waals surface area contributed by atoms with Gasteiger partial charge >= 0.3 is 5.97 Å². The van der Waals surface area contributed by atoms with E-state index in [9.17, 15) is 27.9 Å². The Balaban J connectivity index is 1.33. The van der Waals surface area contributed by atoms with Crippen LogP contribution in [0.15, 0.2) is 71.8 Å². The van der Waals surface area contributed by atoms with Crippen molar-refractivity contribution in [3.05, 3.63) is 89.1 Å². The predicted octanol–water partition coefficient (Wildman–Crippen LogP) is 2.20. The molecule has 0 aliphatic carbocycles. The number of ether oxygens (including phenoxy) is 1. The van der Waals surface area contributed by atoms with E-state index in [0.717, 1.165) is 11.1 Å². The number of aromatic nitrogens is 1. The topological polar surface area (TPSA) is 167 Å². The first-order chi connectivity index (χ1) is 21.4. The van der Waals surface area contributed by atoms with E-state index in [0.29, 0.717) is 29.9 Å². The number of benzene rings is 2. The Morgan fingerprint density at radius 2 is 1.73 bits per heavy atom. The van der Waals surface area contributed by atoms with E-state index in [1.165, 1.54) is 0 Å². The van der Waals surface area contributed by atoms with Crippen LogP contribution in [-0.2, 0) is 35.6 Å². The van der Waals surface area contributed by atoms with Gasteiger partial charge in [0.2, 0.25) is 21.8 Å². The monoisotopic (exact) mass is 637 g/mol. The number of aryl methyl sites for hydroxylation is 3. The molecule has 4 N–H and O–H groups in total. The van der Waals surface area contributed by atoms with Gasteiger partial charge in [-0.1, -0.05) is 54.1 Å². The molecule has 4 rings (SSSR count). The van der Waals surface area contributed by atoms with Crippen molar-refractivity contribution < 1.29 is 32.6 Å². The van der Waals surface area contributed by atoms with Gasteiger partial charge in [0, 0.05) is 25.8 Å². The van der Waals surface area contributed by atoms with E-state index in [1.807, 2.05) is 55.5 Å².